The summed E-state index contributed by atoms with van der Waals surface area (Å²) >= 11 is 0. The zero-order valence-electron chi connectivity index (χ0n) is 11.2. The number of hydrogen-bond donors (Lipinski definition) is 2. The molecule has 0 heterocycles. The molecule has 5 nitrogen and oxygen atoms in total. The van der Waals surface area contributed by atoms with Crippen molar-refractivity contribution in [1.29, 1.82) is 0 Å². The van der Waals surface area contributed by atoms with E-state index in [1.807, 2.05) is 24.3 Å². The van der Waals surface area contributed by atoms with E-state index in [1.54, 1.807) is 12.0 Å². The van der Waals surface area contributed by atoms with E-state index >= 15 is 0 Å². The number of methoxy groups -OCH3 is 1. The lowest BCUT2D eigenvalue weighted by Gasteiger charge is -2.22. The van der Waals surface area contributed by atoms with Crippen LogP contribution in [0.3, 0.4) is 0 Å². The van der Waals surface area contributed by atoms with E-state index in [4.69, 9.17) is 14.9 Å². The van der Waals surface area contributed by atoms with Crippen molar-refractivity contribution in [1.82, 2.24) is 4.90 Å². The maximum Gasteiger partial charge on any atom is 0.223 e. The molecular weight excluding hydrogens is 246 g/mol. The predicted molar refractivity (Wildman–Crippen MR) is 71.8 cm³/mol. The van der Waals surface area contributed by atoms with Gasteiger partial charge >= 0.3 is 0 Å². The van der Waals surface area contributed by atoms with Gasteiger partial charge in [0, 0.05) is 31.7 Å². The van der Waals surface area contributed by atoms with Crippen LogP contribution in [0.5, 0.6) is 5.75 Å². The van der Waals surface area contributed by atoms with Crippen molar-refractivity contribution in [3.8, 4) is 5.75 Å². The fourth-order valence-electron chi connectivity index (χ4n) is 1.84. The molecule has 2 N–H and O–H groups in total. The molecule has 0 fully saturated rings. The van der Waals surface area contributed by atoms with E-state index in [2.05, 4.69) is 0 Å². The topological polar surface area (TPSA) is 70.0 Å². The molecule has 0 unspecified atom stereocenters. The standard InChI is InChI=1S/C14H21NO4/c1-19-13-6-3-2-5-12(13)11-15(8-10-17)14(18)7-4-9-16/h2-3,5-6,16-17H,4,7-11H2,1H3. The molecule has 0 aliphatic heterocycles. The fourth-order valence-corrected chi connectivity index (χ4v) is 1.84. The average molecular weight is 267 g/mol. The molecule has 0 bridgehead atoms. The number of para-hydroxylation sites is 1. The summed E-state index contributed by atoms with van der Waals surface area (Å²) in [7, 11) is 1.59. The van der Waals surface area contributed by atoms with Crippen molar-refractivity contribution >= 4 is 5.91 Å². The zero-order chi connectivity index (χ0) is 14.1. The van der Waals surface area contributed by atoms with Crippen molar-refractivity contribution < 1.29 is 19.7 Å². The van der Waals surface area contributed by atoms with Crippen molar-refractivity contribution in [3.63, 3.8) is 0 Å². The molecule has 1 amide bonds. The lowest BCUT2D eigenvalue weighted by atomic mass is 10.1. The van der Waals surface area contributed by atoms with E-state index in [-0.39, 0.29) is 32.1 Å². The number of nitrogens with zero attached hydrogens (tertiary/aromatic N) is 1. The van der Waals surface area contributed by atoms with E-state index in [0.29, 0.717) is 13.0 Å². The Morgan fingerprint density at radius 1 is 1.26 bits per heavy atom. The van der Waals surface area contributed by atoms with E-state index in [1.165, 1.54) is 0 Å². The molecule has 0 aromatic heterocycles. The van der Waals surface area contributed by atoms with Gasteiger partial charge < -0.3 is 19.8 Å². The van der Waals surface area contributed by atoms with Gasteiger partial charge in [0.25, 0.3) is 0 Å². The van der Waals surface area contributed by atoms with Crippen molar-refractivity contribution in [2.75, 3.05) is 26.9 Å². The summed E-state index contributed by atoms with van der Waals surface area (Å²) < 4.78 is 5.24. The minimum absolute atomic E-state index is 0.00658. The van der Waals surface area contributed by atoms with Gasteiger partial charge in [0.15, 0.2) is 0 Å². The van der Waals surface area contributed by atoms with Crippen LogP contribution in [-0.2, 0) is 11.3 Å². The van der Waals surface area contributed by atoms with Crippen LogP contribution in [0.2, 0.25) is 0 Å². The van der Waals surface area contributed by atoms with E-state index in [9.17, 15) is 4.79 Å². The highest BCUT2D eigenvalue weighted by Gasteiger charge is 2.14. The first kappa shape index (κ1) is 15.5. The maximum absolute atomic E-state index is 12.0. The molecule has 1 aromatic carbocycles. The lowest BCUT2D eigenvalue weighted by Crippen LogP contribution is -2.33. The number of amides is 1. The third kappa shape index (κ3) is 4.89. The lowest BCUT2D eigenvalue weighted by molar-refractivity contribution is -0.132. The number of aliphatic hydroxyl groups is 2. The molecule has 1 aromatic rings. The first-order valence-electron chi connectivity index (χ1n) is 6.34. The van der Waals surface area contributed by atoms with Crippen LogP contribution in [-0.4, -0.2) is 47.9 Å². The van der Waals surface area contributed by atoms with Gasteiger partial charge in [-0.2, -0.15) is 0 Å². The molecule has 0 atom stereocenters. The quantitative estimate of drug-likeness (QED) is 0.730. The van der Waals surface area contributed by atoms with Crippen molar-refractivity contribution in [3.05, 3.63) is 29.8 Å². The van der Waals surface area contributed by atoms with Gasteiger partial charge in [-0.3, -0.25) is 4.79 Å². The molecule has 0 spiro atoms. The van der Waals surface area contributed by atoms with Crippen molar-refractivity contribution in [2.24, 2.45) is 0 Å². The minimum atomic E-state index is -0.0833. The Hall–Kier alpha value is -1.59. The summed E-state index contributed by atoms with van der Waals surface area (Å²) in [6, 6.07) is 7.48. The number of carbonyl (C=O) groups excluding carboxylic acids is 1. The zero-order valence-corrected chi connectivity index (χ0v) is 11.2. The van der Waals surface area contributed by atoms with Crippen LogP contribution in [0.1, 0.15) is 18.4 Å². The van der Waals surface area contributed by atoms with Crippen LogP contribution < -0.4 is 4.74 Å². The molecule has 0 aliphatic carbocycles. The number of rotatable bonds is 8. The van der Waals surface area contributed by atoms with Gasteiger partial charge in [0.05, 0.1) is 13.7 Å². The second-order valence-electron chi connectivity index (χ2n) is 4.18. The van der Waals surface area contributed by atoms with Gasteiger partial charge in [0.1, 0.15) is 5.75 Å². The molecule has 106 valence electrons. The molecule has 19 heavy (non-hydrogen) atoms. The first-order chi connectivity index (χ1) is 9.22. The van der Waals surface area contributed by atoms with Crippen LogP contribution in [0.15, 0.2) is 24.3 Å². The highest BCUT2D eigenvalue weighted by molar-refractivity contribution is 5.76. The summed E-state index contributed by atoms with van der Waals surface area (Å²) in [5.41, 5.74) is 0.899. The maximum atomic E-state index is 12.0. The normalized spacial score (nSPS) is 10.3. The monoisotopic (exact) mass is 267 g/mol. The summed E-state index contributed by atoms with van der Waals surface area (Å²) in [4.78, 5) is 13.5. The molecule has 1 rings (SSSR count). The summed E-state index contributed by atoms with van der Waals surface area (Å²) in [5, 5.41) is 17.8. The smallest absolute Gasteiger partial charge is 0.223 e. The Labute approximate surface area is 113 Å². The fraction of sp³-hybridized carbons (Fsp3) is 0.500. The van der Waals surface area contributed by atoms with Gasteiger partial charge in [-0.1, -0.05) is 18.2 Å². The second kappa shape index (κ2) is 8.50. The summed E-state index contributed by atoms with van der Waals surface area (Å²) in [6.07, 6.45) is 0.721. The van der Waals surface area contributed by atoms with Crippen LogP contribution in [0.25, 0.3) is 0 Å². The molecule has 0 radical (unpaired) electrons. The Balaban J connectivity index is 2.74. The Kier molecular flexibility index (Phi) is 6.92. The van der Waals surface area contributed by atoms with Gasteiger partial charge in [0.2, 0.25) is 5.91 Å². The summed E-state index contributed by atoms with van der Waals surface area (Å²) in [6.45, 7) is 0.588. The molecular formula is C14H21NO4. The largest absolute Gasteiger partial charge is 0.496 e. The van der Waals surface area contributed by atoms with Crippen LogP contribution >= 0.6 is 0 Å². The SMILES string of the molecule is COc1ccccc1CN(CCO)C(=O)CCCO. The third-order valence-electron chi connectivity index (χ3n) is 2.83. The average Bonchev–Trinajstić information content (AvgIpc) is 2.44. The van der Waals surface area contributed by atoms with Gasteiger partial charge in [-0.05, 0) is 12.5 Å². The Morgan fingerprint density at radius 3 is 2.63 bits per heavy atom. The Bertz CT molecular complexity index is 395. The van der Waals surface area contributed by atoms with E-state index in [0.717, 1.165) is 11.3 Å². The number of ether oxygens (including phenoxy) is 1. The number of aliphatic hydroxyl groups excluding tert-OH is 2. The number of hydrogen-bond acceptors (Lipinski definition) is 4. The Morgan fingerprint density at radius 2 is 2.00 bits per heavy atom. The van der Waals surface area contributed by atoms with Gasteiger partial charge in [-0.25, -0.2) is 0 Å². The molecule has 0 saturated heterocycles. The van der Waals surface area contributed by atoms with Gasteiger partial charge in [-0.15, -0.1) is 0 Å². The predicted octanol–water partition coefficient (Wildman–Crippen LogP) is 0.789. The highest BCUT2D eigenvalue weighted by Crippen LogP contribution is 2.19. The third-order valence-corrected chi connectivity index (χ3v) is 2.83. The molecule has 5 heteroatoms. The molecule has 0 aliphatic rings. The van der Waals surface area contributed by atoms with Crippen molar-refractivity contribution in [2.45, 2.75) is 19.4 Å². The second-order valence-corrected chi connectivity index (χ2v) is 4.18. The highest BCUT2D eigenvalue weighted by atomic mass is 16.5. The van der Waals surface area contributed by atoms with Crippen LogP contribution in [0, 0.1) is 0 Å². The van der Waals surface area contributed by atoms with E-state index < -0.39 is 0 Å². The first-order valence-corrected chi connectivity index (χ1v) is 6.34. The minimum Gasteiger partial charge on any atom is -0.496 e. The molecule has 0 saturated carbocycles. The number of carbonyl (C=O) groups is 1. The van der Waals surface area contributed by atoms with Crippen LogP contribution in [0.4, 0.5) is 0 Å². The number of benzene rings is 1. The summed E-state index contributed by atoms with van der Waals surface area (Å²) in [5.74, 6) is 0.648.